The van der Waals surface area contributed by atoms with Crippen molar-refractivity contribution in [2.75, 3.05) is 0 Å². The monoisotopic (exact) mass is 515 g/mol. The normalized spacial score (nSPS) is 11.5. The lowest BCUT2D eigenvalue weighted by molar-refractivity contribution is 0.620. The summed E-state index contributed by atoms with van der Waals surface area (Å²) in [6.07, 6.45) is 0. The molecule has 188 valence electrons. The van der Waals surface area contributed by atoms with E-state index in [-0.39, 0.29) is 0 Å². The molecule has 0 atom stereocenters. The number of rotatable bonds is 4. The van der Waals surface area contributed by atoms with E-state index in [2.05, 4.69) is 47.4 Å². The minimum absolute atomic E-state index is 0.577. The molecule has 5 nitrogen and oxygen atoms in total. The summed E-state index contributed by atoms with van der Waals surface area (Å²) >= 11 is 0. The molecule has 0 aliphatic carbocycles. The van der Waals surface area contributed by atoms with Crippen molar-refractivity contribution in [3.63, 3.8) is 0 Å². The highest BCUT2D eigenvalue weighted by Gasteiger charge is 2.18. The lowest BCUT2D eigenvalue weighted by Gasteiger charge is -2.09. The molecule has 0 bridgehead atoms. The van der Waals surface area contributed by atoms with Crippen molar-refractivity contribution in [1.82, 2.24) is 15.0 Å². The third kappa shape index (κ3) is 3.76. The summed E-state index contributed by atoms with van der Waals surface area (Å²) in [6, 6.07) is 42.5. The molecule has 0 radical (unpaired) electrons. The zero-order valence-electron chi connectivity index (χ0n) is 21.3. The molecule has 3 heterocycles. The van der Waals surface area contributed by atoms with Gasteiger partial charge in [0.2, 0.25) is 11.6 Å². The van der Waals surface area contributed by atoms with Crippen LogP contribution in [0.2, 0.25) is 0 Å². The molecule has 0 fully saturated rings. The molecule has 8 aromatic rings. The molecule has 0 aliphatic rings. The molecule has 5 heteroatoms. The van der Waals surface area contributed by atoms with Gasteiger partial charge in [0, 0.05) is 22.1 Å². The fourth-order valence-electron chi connectivity index (χ4n) is 5.22. The van der Waals surface area contributed by atoms with Gasteiger partial charge in [0.05, 0.1) is 11.1 Å². The molecule has 0 saturated heterocycles. The minimum Gasteiger partial charge on any atom is -0.438 e. The molecule has 3 aromatic heterocycles. The van der Waals surface area contributed by atoms with Crippen molar-refractivity contribution in [3.05, 3.63) is 127 Å². The molecule has 0 saturated carbocycles. The summed E-state index contributed by atoms with van der Waals surface area (Å²) in [5, 5.41) is 1.93. The SMILES string of the molecule is c1ccc(-c2nc(-c3cccc(-c4cccc(-c5nc6ccccc6o5)c4)c3)nc3oc4ccccc4c23)cc1. The third-order valence-corrected chi connectivity index (χ3v) is 7.14. The van der Waals surface area contributed by atoms with Crippen LogP contribution in [0, 0.1) is 0 Å². The van der Waals surface area contributed by atoms with Gasteiger partial charge in [0.25, 0.3) is 0 Å². The number of fused-ring (bicyclic) bond motifs is 4. The number of hydrogen-bond donors (Lipinski definition) is 0. The van der Waals surface area contributed by atoms with Gasteiger partial charge in [-0.3, -0.25) is 0 Å². The van der Waals surface area contributed by atoms with E-state index in [1.54, 1.807) is 0 Å². The van der Waals surface area contributed by atoms with Crippen molar-refractivity contribution < 1.29 is 8.83 Å². The smallest absolute Gasteiger partial charge is 0.231 e. The van der Waals surface area contributed by atoms with Crippen molar-refractivity contribution in [2.24, 2.45) is 0 Å². The number of hydrogen-bond acceptors (Lipinski definition) is 5. The predicted octanol–water partition coefficient (Wildman–Crippen LogP) is 9.19. The highest BCUT2D eigenvalue weighted by atomic mass is 16.3. The Morgan fingerprint density at radius 1 is 0.450 bits per heavy atom. The second kappa shape index (κ2) is 9.03. The van der Waals surface area contributed by atoms with Crippen molar-refractivity contribution in [3.8, 4) is 45.2 Å². The van der Waals surface area contributed by atoms with Crippen LogP contribution in [0.5, 0.6) is 0 Å². The van der Waals surface area contributed by atoms with Crippen LogP contribution in [0.4, 0.5) is 0 Å². The van der Waals surface area contributed by atoms with Gasteiger partial charge >= 0.3 is 0 Å². The Hall–Kier alpha value is -5.55. The molecular formula is C35H21N3O2. The molecule has 0 N–H and O–H groups in total. The van der Waals surface area contributed by atoms with Gasteiger partial charge in [-0.05, 0) is 47.5 Å². The maximum absolute atomic E-state index is 6.21. The van der Waals surface area contributed by atoms with Crippen LogP contribution in [0.25, 0.3) is 78.4 Å². The van der Waals surface area contributed by atoms with Crippen LogP contribution >= 0.6 is 0 Å². The molecule has 8 rings (SSSR count). The third-order valence-electron chi connectivity index (χ3n) is 7.14. The van der Waals surface area contributed by atoms with Crippen molar-refractivity contribution in [2.45, 2.75) is 0 Å². The quantitative estimate of drug-likeness (QED) is 0.234. The largest absolute Gasteiger partial charge is 0.438 e. The van der Waals surface area contributed by atoms with E-state index in [1.807, 2.05) is 84.9 Å². The first-order valence-corrected chi connectivity index (χ1v) is 13.1. The summed E-state index contributed by atoms with van der Waals surface area (Å²) in [5.74, 6) is 1.22. The second-order valence-corrected chi connectivity index (χ2v) is 9.69. The minimum atomic E-state index is 0.577. The van der Waals surface area contributed by atoms with E-state index < -0.39 is 0 Å². The zero-order chi connectivity index (χ0) is 26.5. The number of aromatic nitrogens is 3. The van der Waals surface area contributed by atoms with Gasteiger partial charge in [-0.2, -0.15) is 4.98 Å². The molecule has 5 aromatic carbocycles. The summed E-state index contributed by atoms with van der Waals surface area (Å²) in [7, 11) is 0. The van der Waals surface area contributed by atoms with Crippen molar-refractivity contribution in [1.29, 1.82) is 0 Å². The first kappa shape index (κ1) is 22.4. The first-order valence-electron chi connectivity index (χ1n) is 13.1. The summed E-state index contributed by atoms with van der Waals surface area (Å²) in [4.78, 5) is 14.7. The molecular weight excluding hydrogens is 494 g/mol. The highest BCUT2D eigenvalue weighted by Crippen LogP contribution is 2.37. The number of benzene rings is 5. The van der Waals surface area contributed by atoms with Crippen LogP contribution in [-0.2, 0) is 0 Å². The van der Waals surface area contributed by atoms with Crippen LogP contribution in [0.15, 0.2) is 136 Å². The molecule has 40 heavy (non-hydrogen) atoms. The average molecular weight is 516 g/mol. The van der Waals surface area contributed by atoms with E-state index in [9.17, 15) is 0 Å². The lowest BCUT2D eigenvalue weighted by atomic mass is 10.0. The van der Waals surface area contributed by atoms with E-state index in [1.165, 1.54) is 0 Å². The standard InChI is InChI=1S/C35H21N3O2/c1-2-10-22(11-3-1)32-31-27-16-4-6-18-29(27)39-35(31)38-33(37-32)25-14-8-12-23(20-25)24-13-9-15-26(21-24)34-36-28-17-5-7-19-30(28)40-34/h1-21H. The molecule has 0 aliphatic heterocycles. The molecule has 0 unspecified atom stereocenters. The Balaban J connectivity index is 1.26. The predicted molar refractivity (Wildman–Crippen MR) is 159 cm³/mol. The van der Waals surface area contributed by atoms with Crippen LogP contribution in [0.1, 0.15) is 0 Å². The Labute approximate surface area is 229 Å². The topological polar surface area (TPSA) is 65.0 Å². The van der Waals surface area contributed by atoms with E-state index >= 15 is 0 Å². The number of oxazole rings is 1. The number of para-hydroxylation sites is 3. The average Bonchev–Trinajstić information content (AvgIpc) is 3.63. The Kier molecular flexibility index (Phi) is 5.07. The summed E-state index contributed by atoms with van der Waals surface area (Å²) in [6.45, 7) is 0. The number of nitrogens with zero attached hydrogens (tertiary/aromatic N) is 3. The van der Waals surface area contributed by atoms with Crippen LogP contribution < -0.4 is 0 Å². The van der Waals surface area contributed by atoms with E-state index in [0.717, 1.165) is 61.0 Å². The van der Waals surface area contributed by atoms with Gasteiger partial charge < -0.3 is 8.83 Å². The molecule has 0 spiro atoms. The first-order chi connectivity index (χ1) is 19.8. The van der Waals surface area contributed by atoms with Crippen LogP contribution in [0.3, 0.4) is 0 Å². The van der Waals surface area contributed by atoms with Gasteiger partial charge in [0.1, 0.15) is 11.1 Å². The maximum Gasteiger partial charge on any atom is 0.231 e. The Morgan fingerprint density at radius 2 is 1.10 bits per heavy atom. The Morgan fingerprint density at radius 3 is 1.93 bits per heavy atom. The van der Waals surface area contributed by atoms with E-state index in [0.29, 0.717) is 17.4 Å². The Bertz CT molecular complexity index is 2140. The number of furan rings is 1. The lowest BCUT2D eigenvalue weighted by Crippen LogP contribution is -1.94. The van der Waals surface area contributed by atoms with Gasteiger partial charge in [-0.1, -0.05) is 91.0 Å². The van der Waals surface area contributed by atoms with Gasteiger partial charge in [-0.25, -0.2) is 9.97 Å². The fraction of sp³-hybridized carbons (Fsp3) is 0. The van der Waals surface area contributed by atoms with Crippen LogP contribution in [-0.4, -0.2) is 15.0 Å². The fourth-order valence-corrected chi connectivity index (χ4v) is 5.22. The summed E-state index contributed by atoms with van der Waals surface area (Å²) in [5.41, 5.74) is 8.79. The zero-order valence-corrected chi connectivity index (χ0v) is 21.3. The summed E-state index contributed by atoms with van der Waals surface area (Å²) < 4.78 is 12.2. The molecule has 0 amide bonds. The highest BCUT2D eigenvalue weighted by molar-refractivity contribution is 6.10. The van der Waals surface area contributed by atoms with E-state index in [4.69, 9.17) is 18.8 Å². The van der Waals surface area contributed by atoms with Crippen molar-refractivity contribution >= 4 is 33.2 Å². The van der Waals surface area contributed by atoms with Gasteiger partial charge in [0.15, 0.2) is 11.4 Å². The maximum atomic E-state index is 6.21. The second-order valence-electron chi connectivity index (χ2n) is 9.69. The van der Waals surface area contributed by atoms with Gasteiger partial charge in [-0.15, -0.1) is 0 Å².